The van der Waals surface area contributed by atoms with Gasteiger partial charge in [-0.3, -0.25) is 4.39 Å². The van der Waals surface area contributed by atoms with Gasteiger partial charge in [0.1, 0.15) is 0 Å². The molecule has 0 saturated carbocycles. The van der Waals surface area contributed by atoms with Crippen molar-refractivity contribution in [2.75, 3.05) is 13.8 Å². The Labute approximate surface area is 166 Å². The minimum atomic E-state index is -1.21. The molecule has 1 heterocycles. The number of hydrogen-bond acceptors (Lipinski definition) is 2. The average molecular weight is 404 g/mol. The lowest BCUT2D eigenvalue weighted by atomic mass is 9.94. The van der Waals surface area contributed by atoms with Gasteiger partial charge in [0, 0.05) is 17.5 Å². The minimum Gasteiger partial charge on any atom is -0.494 e. The summed E-state index contributed by atoms with van der Waals surface area (Å²) in [5, 5.41) is 0. The van der Waals surface area contributed by atoms with E-state index in [1.807, 2.05) is 0 Å². The van der Waals surface area contributed by atoms with Gasteiger partial charge in [-0.25, -0.2) is 4.39 Å². The summed E-state index contributed by atoms with van der Waals surface area (Å²) >= 11 is 0. The summed E-state index contributed by atoms with van der Waals surface area (Å²) in [6, 6.07) is 8.29. The Balaban J connectivity index is 2.00. The predicted octanol–water partition coefficient (Wildman–Crippen LogP) is 6.37. The highest BCUT2D eigenvalue weighted by Crippen LogP contribution is 2.41. The summed E-state index contributed by atoms with van der Waals surface area (Å²) in [6.07, 6.45) is 1.05. The molecule has 0 fully saturated rings. The van der Waals surface area contributed by atoms with E-state index in [-0.39, 0.29) is 34.8 Å². The van der Waals surface area contributed by atoms with E-state index in [9.17, 15) is 17.6 Å². The summed E-state index contributed by atoms with van der Waals surface area (Å²) in [7, 11) is 1.23. The van der Waals surface area contributed by atoms with Crippen molar-refractivity contribution in [3.05, 3.63) is 89.2 Å². The van der Waals surface area contributed by atoms with E-state index < -0.39 is 24.1 Å². The smallest absolute Gasteiger partial charge is 0.207 e. The highest BCUT2D eigenvalue weighted by atomic mass is 19.2. The van der Waals surface area contributed by atoms with Crippen molar-refractivity contribution < 1.29 is 27.0 Å². The molecule has 0 spiro atoms. The molecule has 0 atom stereocenters. The standard InChI is InChI=1S/C23H20F4O2/c1-13-11-17-12-18(16-8-6-15(7-9-16)5-4-10-24)20(26)21(27)23(17)29-22(13)19(25)14(2)28-3/h6-9,12H,1-2,4-5,10-11H2,3H3/b22-19-. The number of benzene rings is 2. The van der Waals surface area contributed by atoms with Gasteiger partial charge in [0.25, 0.3) is 0 Å². The van der Waals surface area contributed by atoms with Crippen LogP contribution in [0.5, 0.6) is 5.75 Å². The second-order valence-electron chi connectivity index (χ2n) is 6.68. The topological polar surface area (TPSA) is 18.5 Å². The molecule has 2 aromatic rings. The molecule has 0 radical (unpaired) electrons. The number of fused-ring (bicyclic) bond motifs is 1. The lowest BCUT2D eigenvalue weighted by molar-refractivity contribution is 0.272. The molecule has 0 aromatic heterocycles. The quantitative estimate of drug-likeness (QED) is 0.412. The number of ether oxygens (including phenoxy) is 2. The SMILES string of the molecule is C=C(OC)/C(F)=C1/Oc2c(cc(-c3ccc(CCCF)cc3)c(F)c2F)CC1=C. The molecule has 0 N–H and O–H groups in total. The number of methoxy groups -OCH3 is 1. The van der Waals surface area contributed by atoms with Crippen LogP contribution in [-0.2, 0) is 17.6 Å². The molecule has 3 rings (SSSR count). The van der Waals surface area contributed by atoms with Crippen LogP contribution in [0, 0.1) is 11.6 Å². The predicted molar refractivity (Wildman–Crippen MR) is 104 cm³/mol. The fourth-order valence-electron chi connectivity index (χ4n) is 3.14. The lowest BCUT2D eigenvalue weighted by Crippen LogP contribution is -2.14. The van der Waals surface area contributed by atoms with Crippen LogP contribution in [0.2, 0.25) is 0 Å². The number of aryl methyl sites for hydroxylation is 1. The molecule has 6 heteroatoms. The van der Waals surface area contributed by atoms with Crippen molar-refractivity contribution in [2.24, 2.45) is 0 Å². The van der Waals surface area contributed by atoms with Gasteiger partial charge in [0.2, 0.25) is 11.6 Å². The minimum absolute atomic E-state index is 0.0592. The van der Waals surface area contributed by atoms with Crippen LogP contribution >= 0.6 is 0 Å². The highest BCUT2D eigenvalue weighted by molar-refractivity contribution is 5.68. The number of hydrogen-bond donors (Lipinski definition) is 0. The third-order valence-electron chi connectivity index (χ3n) is 4.72. The summed E-state index contributed by atoms with van der Waals surface area (Å²) in [6.45, 7) is 6.74. The largest absolute Gasteiger partial charge is 0.494 e. The first-order valence-electron chi connectivity index (χ1n) is 9.02. The molecule has 2 nitrogen and oxygen atoms in total. The van der Waals surface area contributed by atoms with E-state index in [2.05, 4.69) is 13.2 Å². The molecular weight excluding hydrogens is 384 g/mol. The zero-order valence-corrected chi connectivity index (χ0v) is 16.0. The summed E-state index contributed by atoms with van der Waals surface area (Å²) < 4.78 is 66.2. The van der Waals surface area contributed by atoms with Crippen molar-refractivity contribution in [1.82, 2.24) is 0 Å². The maximum Gasteiger partial charge on any atom is 0.207 e. The number of halogens is 4. The highest BCUT2D eigenvalue weighted by Gasteiger charge is 2.29. The third kappa shape index (κ3) is 4.06. The van der Waals surface area contributed by atoms with Gasteiger partial charge >= 0.3 is 0 Å². The van der Waals surface area contributed by atoms with E-state index in [0.717, 1.165) is 5.56 Å². The van der Waals surface area contributed by atoms with Gasteiger partial charge in [-0.2, -0.15) is 8.78 Å². The molecule has 152 valence electrons. The first kappa shape index (κ1) is 20.7. The first-order chi connectivity index (χ1) is 13.9. The van der Waals surface area contributed by atoms with Crippen LogP contribution in [0.1, 0.15) is 17.5 Å². The van der Waals surface area contributed by atoms with E-state index >= 15 is 0 Å². The lowest BCUT2D eigenvalue weighted by Gasteiger charge is -2.24. The Kier molecular flexibility index (Phi) is 6.11. The van der Waals surface area contributed by atoms with Crippen LogP contribution < -0.4 is 4.74 Å². The van der Waals surface area contributed by atoms with Gasteiger partial charge in [0.05, 0.1) is 13.8 Å². The Hall–Kier alpha value is -3.02. The fourth-order valence-corrected chi connectivity index (χ4v) is 3.14. The number of rotatable bonds is 6. The van der Waals surface area contributed by atoms with Gasteiger partial charge in [-0.05, 0) is 35.6 Å². The normalized spacial score (nSPS) is 14.9. The van der Waals surface area contributed by atoms with Crippen LogP contribution in [-0.4, -0.2) is 13.8 Å². The Morgan fingerprint density at radius 3 is 2.48 bits per heavy atom. The molecule has 2 aromatic carbocycles. The molecule has 1 aliphatic rings. The first-order valence-corrected chi connectivity index (χ1v) is 9.02. The summed E-state index contributed by atoms with van der Waals surface area (Å²) in [5.41, 5.74) is 2.05. The fraction of sp³-hybridized carbons (Fsp3) is 0.217. The number of alkyl halides is 1. The van der Waals surface area contributed by atoms with Crippen molar-refractivity contribution in [1.29, 1.82) is 0 Å². The molecule has 0 aliphatic carbocycles. The maximum atomic E-state index is 14.8. The number of allylic oxidation sites excluding steroid dienone is 2. The molecule has 0 unspecified atom stereocenters. The third-order valence-corrected chi connectivity index (χ3v) is 4.72. The summed E-state index contributed by atoms with van der Waals surface area (Å²) in [4.78, 5) is 0. The second-order valence-corrected chi connectivity index (χ2v) is 6.68. The molecule has 1 aliphatic heterocycles. The van der Waals surface area contributed by atoms with Crippen LogP contribution in [0.25, 0.3) is 11.1 Å². The van der Waals surface area contributed by atoms with Crippen molar-refractivity contribution >= 4 is 0 Å². The summed E-state index contributed by atoms with van der Waals surface area (Å²) in [5.74, 6) is -4.23. The zero-order valence-electron chi connectivity index (χ0n) is 16.0. The van der Waals surface area contributed by atoms with Crippen molar-refractivity contribution in [2.45, 2.75) is 19.3 Å². The van der Waals surface area contributed by atoms with E-state index in [1.54, 1.807) is 24.3 Å². The van der Waals surface area contributed by atoms with Crippen molar-refractivity contribution in [3.63, 3.8) is 0 Å². The molecule has 0 saturated heterocycles. The average Bonchev–Trinajstić information content (AvgIpc) is 2.73. The second kappa shape index (κ2) is 8.55. The Morgan fingerprint density at radius 1 is 1.17 bits per heavy atom. The van der Waals surface area contributed by atoms with Gasteiger partial charge in [-0.15, -0.1) is 0 Å². The van der Waals surface area contributed by atoms with Gasteiger partial charge in [-0.1, -0.05) is 37.4 Å². The Morgan fingerprint density at radius 2 is 1.86 bits per heavy atom. The Bertz CT molecular complexity index is 991. The van der Waals surface area contributed by atoms with E-state index in [1.165, 1.54) is 13.2 Å². The van der Waals surface area contributed by atoms with Gasteiger partial charge in [0.15, 0.2) is 23.1 Å². The van der Waals surface area contributed by atoms with E-state index in [4.69, 9.17) is 9.47 Å². The van der Waals surface area contributed by atoms with E-state index in [0.29, 0.717) is 24.0 Å². The molecule has 29 heavy (non-hydrogen) atoms. The molecule has 0 bridgehead atoms. The van der Waals surface area contributed by atoms with Crippen LogP contribution in [0.15, 0.2) is 66.4 Å². The maximum absolute atomic E-state index is 14.8. The van der Waals surface area contributed by atoms with Crippen molar-refractivity contribution in [3.8, 4) is 16.9 Å². The van der Waals surface area contributed by atoms with Crippen LogP contribution in [0.3, 0.4) is 0 Å². The van der Waals surface area contributed by atoms with Crippen LogP contribution in [0.4, 0.5) is 17.6 Å². The van der Waals surface area contributed by atoms with Gasteiger partial charge < -0.3 is 9.47 Å². The molecule has 0 amide bonds. The monoisotopic (exact) mass is 404 g/mol. The zero-order chi connectivity index (χ0) is 21.1. The molecular formula is C23H20F4O2.